The minimum atomic E-state index is -0.269. The van der Waals surface area contributed by atoms with Crippen molar-refractivity contribution >= 4 is 12.7 Å². The number of rotatable bonds is 0. The largest absolute Gasteiger partial charge is 0.488 e. The zero-order chi connectivity index (χ0) is 4.99. The normalized spacial score (nSPS) is 6.83. The Morgan fingerprint density at radius 1 is 2.00 bits per heavy atom. The molecule has 3 heteroatoms. The molecule has 0 bridgehead atoms. The number of carbonyl (C=O) groups is 1. The summed E-state index contributed by atoms with van der Waals surface area (Å²) < 4.78 is 0. The molecule has 0 aliphatic carbocycles. The predicted octanol–water partition coefficient (Wildman–Crippen LogP) is -1.89. The molecule has 0 atom stereocenters. The molecule has 0 unspecified atom stereocenters. The van der Waals surface area contributed by atoms with Gasteiger partial charge in [-0.1, -0.05) is 0 Å². The van der Waals surface area contributed by atoms with Crippen LogP contribution in [0.25, 0.3) is 0 Å². The van der Waals surface area contributed by atoms with Crippen LogP contribution in [0.4, 0.5) is 4.79 Å². The van der Waals surface area contributed by atoms with Gasteiger partial charge in [0.2, 0.25) is 0 Å². The molecule has 0 saturated heterocycles. The van der Waals surface area contributed by atoms with Crippen LogP contribution in [-0.2, 0) is 0 Å². The summed E-state index contributed by atoms with van der Waals surface area (Å²) in [5.41, 5.74) is 0. The molecular formula is C3H7N2O+. The smallest absolute Gasteiger partial charge is 0.241 e. The van der Waals surface area contributed by atoms with E-state index in [1.54, 1.807) is 0 Å². The van der Waals surface area contributed by atoms with E-state index < -0.39 is 0 Å². The summed E-state index contributed by atoms with van der Waals surface area (Å²) in [6, 6.07) is -0.269. The molecule has 6 heavy (non-hydrogen) atoms. The van der Waals surface area contributed by atoms with Gasteiger partial charge in [0.15, 0.2) is 0 Å². The third kappa shape index (κ3) is 1.46. The van der Waals surface area contributed by atoms with Crippen LogP contribution in [0.3, 0.4) is 0 Å². The van der Waals surface area contributed by atoms with Crippen LogP contribution < -0.4 is 10.3 Å². The molecular weight excluding hydrogens is 80.0 g/mol. The van der Waals surface area contributed by atoms with Crippen LogP contribution in [0, 0.1) is 0 Å². The lowest BCUT2D eigenvalue weighted by Crippen LogP contribution is -2.74. The number of carbonyl (C=O) groups excluding carboxylic acids is 1. The van der Waals surface area contributed by atoms with Crippen molar-refractivity contribution in [1.29, 1.82) is 0 Å². The molecule has 0 aromatic heterocycles. The van der Waals surface area contributed by atoms with Gasteiger partial charge in [0.05, 0.1) is 13.8 Å². The van der Waals surface area contributed by atoms with Crippen molar-refractivity contribution in [3.63, 3.8) is 0 Å². The minimum absolute atomic E-state index is 0.269. The Morgan fingerprint density at radius 2 is 2.50 bits per heavy atom. The first-order chi connectivity index (χ1) is 2.81. The summed E-state index contributed by atoms with van der Waals surface area (Å²) in [5, 5.41) is 2.30. The summed E-state index contributed by atoms with van der Waals surface area (Å²) in [4.78, 5) is 12.0. The van der Waals surface area contributed by atoms with E-state index in [0.717, 1.165) is 0 Å². The van der Waals surface area contributed by atoms with Gasteiger partial charge in [-0.2, -0.15) is 4.79 Å². The third-order valence-electron chi connectivity index (χ3n) is 0.388. The summed E-state index contributed by atoms with van der Waals surface area (Å²) >= 11 is 0. The number of hydrogen-bond donors (Lipinski definition) is 2. The Bertz CT molecular complexity index is 69.2. The highest BCUT2D eigenvalue weighted by Gasteiger charge is 1.90. The second kappa shape index (κ2) is 2.38. The minimum Gasteiger partial charge on any atom is -0.241 e. The predicted molar refractivity (Wildman–Crippen MR) is 22.5 cm³/mol. The average Bonchev–Trinajstić information content (AvgIpc) is 1.65. The molecule has 0 aliphatic heterocycles. The van der Waals surface area contributed by atoms with E-state index >= 15 is 0 Å². The molecule has 0 radical (unpaired) electrons. The van der Waals surface area contributed by atoms with Gasteiger partial charge in [0.1, 0.15) is 0 Å². The zero-order valence-corrected chi connectivity index (χ0v) is 3.62. The van der Waals surface area contributed by atoms with Crippen LogP contribution in [-0.4, -0.2) is 19.8 Å². The van der Waals surface area contributed by atoms with Crippen LogP contribution in [0.15, 0.2) is 0 Å². The summed E-state index contributed by atoms with van der Waals surface area (Å²) in [6.07, 6.45) is 0. The van der Waals surface area contributed by atoms with Crippen LogP contribution in [0.2, 0.25) is 0 Å². The topological polar surface area (TPSA) is 43.1 Å². The van der Waals surface area contributed by atoms with Crippen molar-refractivity contribution in [3.05, 3.63) is 0 Å². The van der Waals surface area contributed by atoms with E-state index in [1.165, 1.54) is 7.05 Å². The van der Waals surface area contributed by atoms with E-state index in [0.29, 0.717) is 0 Å². The average molecular weight is 87.1 g/mol. The summed E-state index contributed by atoms with van der Waals surface area (Å²) in [7, 11) is 1.53. The molecule has 0 aliphatic rings. The molecule has 34 valence electrons. The van der Waals surface area contributed by atoms with Crippen molar-refractivity contribution in [2.24, 2.45) is 0 Å². The number of amides is 2. The van der Waals surface area contributed by atoms with Crippen LogP contribution in [0.5, 0.6) is 0 Å². The summed E-state index contributed by atoms with van der Waals surface area (Å²) in [5.74, 6) is 0. The molecule has 0 spiro atoms. The first-order valence-corrected chi connectivity index (χ1v) is 1.56. The maximum atomic E-state index is 9.90. The Kier molecular flexibility index (Phi) is 2.04. The molecule has 0 saturated carbocycles. The molecule has 0 aromatic carbocycles. The highest BCUT2D eigenvalue weighted by molar-refractivity contribution is 5.63. The highest BCUT2D eigenvalue weighted by Crippen LogP contribution is 1.35. The Morgan fingerprint density at radius 3 is 2.50 bits per heavy atom. The summed E-state index contributed by atoms with van der Waals surface area (Å²) in [6.45, 7) is 3.09. The fourth-order valence-electron chi connectivity index (χ4n) is 0.0884. The van der Waals surface area contributed by atoms with Crippen molar-refractivity contribution < 1.29 is 9.79 Å². The van der Waals surface area contributed by atoms with Crippen molar-refractivity contribution in [2.45, 2.75) is 0 Å². The molecule has 2 N–H and O–H groups in total. The molecule has 0 heterocycles. The fraction of sp³-hybridized carbons (Fsp3) is 0.333. The van der Waals surface area contributed by atoms with Crippen molar-refractivity contribution in [3.8, 4) is 0 Å². The lowest BCUT2D eigenvalue weighted by molar-refractivity contribution is -0.332. The van der Waals surface area contributed by atoms with E-state index in [9.17, 15) is 4.79 Å². The van der Waals surface area contributed by atoms with Gasteiger partial charge < -0.3 is 0 Å². The van der Waals surface area contributed by atoms with E-state index in [1.807, 2.05) is 0 Å². The SMILES string of the molecule is C=[NH+]C(=O)NC. The Balaban J connectivity index is 3.23. The maximum Gasteiger partial charge on any atom is 0.488 e. The first kappa shape index (κ1) is 5.14. The molecule has 0 aromatic rings. The quantitative estimate of drug-likeness (QED) is 0.333. The zero-order valence-electron chi connectivity index (χ0n) is 3.62. The lowest BCUT2D eigenvalue weighted by Gasteiger charge is -1.73. The van der Waals surface area contributed by atoms with Gasteiger partial charge in [0.25, 0.3) is 0 Å². The van der Waals surface area contributed by atoms with Crippen molar-refractivity contribution in [2.75, 3.05) is 7.05 Å². The highest BCUT2D eigenvalue weighted by atomic mass is 16.2. The molecule has 0 fully saturated rings. The lowest BCUT2D eigenvalue weighted by atomic mass is 11.0. The second-order valence-electron chi connectivity index (χ2n) is 0.756. The van der Waals surface area contributed by atoms with Gasteiger partial charge in [-0.3, -0.25) is 0 Å². The third-order valence-corrected chi connectivity index (χ3v) is 0.388. The number of urea groups is 1. The van der Waals surface area contributed by atoms with Gasteiger partial charge in [0, 0.05) is 0 Å². The van der Waals surface area contributed by atoms with Crippen molar-refractivity contribution in [1.82, 2.24) is 5.32 Å². The van der Waals surface area contributed by atoms with Crippen LogP contribution >= 0.6 is 0 Å². The van der Waals surface area contributed by atoms with Gasteiger partial charge >= 0.3 is 6.03 Å². The number of nitrogens with one attached hydrogen (secondary N) is 2. The van der Waals surface area contributed by atoms with E-state index in [2.05, 4.69) is 17.0 Å². The monoisotopic (exact) mass is 87.1 g/mol. The standard InChI is InChI=1S/C3H6N2O/c1-4-3(6)5-2/h1H2,2H3,(H,5,6)/p+1. The fourth-order valence-corrected chi connectivity index (χ4v) is 0.0884. The van der Waals surface area contributed by atoms with E-state index in [-0.39, 0.29) is 6.03 Å². The maximum absolute atomic E-state index is 9.90. The van der Waals surface area contributed by atoms with Gasteiger partial charge in [-0.05, 0) is 0 Å². The van der Waals surface area contributed by atoms with E-state index in [4.69, 9.17) is 0 Å². The number of hydrogen-bond acceptors (Lipinski definition) is 1. The van der Waals surface area contributed by atoms with Gasteiger partial charge in [-0.15, -0.1) is 0 Å². The first-order valence-electron chi connectivity index (χ1n) is 1.56. The Hall–Kier alpha value is -0.860. The van der Waals surface area contributed by atoms with Gasteiger partial charge in [-0.25, -0.2) is 10.3 Å². The molecule has 3 nitrogen and oxygen atoms in total. The molecule has 0 rings (SSSR count). The molecule has 2 amide bonds. The Labute approximate surface area is 36.1 Å². The van der Waals surface area contributed by atoms with Crippen LogP contribution in [0.1, 0.15) is 0 Å². The second-order valence-corrected chi connectivity index (χ2v) is 0.756.